The quantitative estimate of drug-likeness (QED) is 0.883. The molecular formula is C14H21ClN2O. The van der Waals surface area contributed by atoms with Crippen molar-refractivity contribution in [1.82, 2.24) is 5.32 Å². The monoisotopic (exact) mass is 268 g/mol. The number of aliphatic hydroxyl groups is 1. The number of para-hydroxylation sites is 1. The van der Waals surface area contributed by atoms with Gasteiger partial charge in [0.15, 0.2) is 0 Å². The molecule has 0 spiro atoms. The number of nitrogens with one attached hydrogen (secondary N) is 1. The second-order valence-corrected chi connectivity index (χ2v) is 5.92. The first-order valence-electron chi connectivity index (χ1n) is 6.40. The Kier molecular flexibility index (Phi) is 4.15. The van der Waals surface area contributed by atoms with Crippen LogP contribution < -0.4 is 10.2 Å². The Bertz CT molecular complexity index is 409. The molecule has 1 aliphatic rings. The largest absolute Gasteiger partial charge is 0.396 e. The van der Waals surface area contributed by atoms with Crippen molar-refractivity contribution in [3.05, 3.63) is 29.3 Å². The number of anilines is 1. The van der Waals surface area contributed by atoms with Gasteiger partial charge in [0.05, 0.1) is 10.7 Å². The summed E-state index contributed by atoms with van der Waals surface area (Å²) in [6.07, 6.45) is 0.758. The van der Waals surface area contributed by atoms with Crippen LogP contribution in [-0.4, -0.2) is 36.4 Å². The maximum atomic E-state index is 9.20. The highest BCUT2D eigenvalue weighted by Crippen LogP contribution is 2.30. The molecule has 0 radical (unpaired) electrons. The Morgan fingerprint density at radius 2 is 2.17 bits per heavy atom. The van der Waals surface area contributed by atoms with E-state index in [1.807, 2.05) is 24.3 Å². The molecule has 3 nitrogen and oxygen atoms in total. The summed E-state index contributed by atoms with van der Waals surface area (Å²) in [6.45, 7) is 6.34. The van der Waals surface area contributed by atoms with Crippen LogP contribution in [0.25, 0.3) is 0 Å². The average Bonchev–Trinajstić information content (AvgIpc) is 2.32. The van der Waals surface area contributed by atoms with E-state index in [9.17, 15) is 5.11 Å². The van der Waals surface area contributed by atoms with E-state index >= 15 is 0 Å². The van der Waals surface area contributed by atoms with E-state index in [0.29, 0.717) is 6.04 Å². The molecule has 0 aromatic heterocycles. The van der Waals surface area contributed by atoms with Crippen LogP contribution in [-0.2, 0) is 0 Å². The zero-order chi connectivity index (χ0) is 13.2. The van der Waals surface area contributed by atoms with Crippen molar-refractivity contribution < 1.29 is 5.11 Å². The van der Waals surface area contributed by atoms with Crippen LogP contribution in [0.1, 0.15) is 20.3 Å². The maximum Gasteiger partial charge on any atom is 0.0639 e. The van der Waals surface area contributed by atoms with Gasteiger partial charge >= 0.3 is 0 Å². The summed E-state index contributed by atoms with van der Waals surface area (Å²) in [7, 11) is 0. The van der Waals surface area contributed by atoms with Gasteiger partial charge in [-0.25, -0.2) is 0 Å². The molecule has 1 atom stereocenters. The van der Waals surface area contributed by atoms with Crippen LogP contribution in [0.2, 0.25) is 5.02 Å². The molecule has 4 heteroatoms. The average molecular weight is 269 g/mol. The molecule has 1 aromatic rings. The number of aliphatic hydroxyl groups excluding tert-OH is 1. The Balaban J connectivity index is 2.27. The van der Waals surface area contributed by atoms with Crippen LogP contribution in [0.15, 0.2) is 24.3 Å². The molecular weight excluding hydrogens is 248 g/mol. The number of benzene rings is 1. The van der Waals surface area contributed by atoms with Crippen molar-refractivity contribution in [2.75, 3.05) is 24.6 Å². The summed E-state index contributed by atoms with van der Waals surface area (Å²) >= 11 is 6.29. The minimum atomic E-state index is 0.0606. The fraction of sp³-hybridized carbons (Fsp3) is 0.571. The van der Waals surface area contributed by atoms with Crippen LogP contribution in [0.3, 0.4) is 0 Å². The lowest BCUT2D eigenvalue weighted by molar-refractivity contribution is 0.241. The van der Waals surface area contributed by atoms with E-state index in [-0.39, 0.29) is 12.1 Å². The zero-order valence-electron chi connectivity index (χ0n) is 11.0. The lowest BCUT2D eigenvalue weighted by Gasteiger charge is -2.46. The standard InChI is InChI=1S/C14H21ClN2O/c1-14(2)10-17(11(7-8-18)9-16-14)13-6-4-3-5-12(13)15/h3-6,11,16,18H,7-10H2,1-2H3. The summed E-state index contributed by atoms with van der Waals surface area (Å²) in [5, 5.41) is 13.5. The Hall–Kier alpha value is -0.770. The van der Waals surface area contributed by atoms with Crippen molar-refractivity contribution in [2.45, 2.75) is 31.8 Å². The number of rotatable bonds is 3. The maximum absolute atomic E-state index is 9.20. The van der Waals surface area contributed by atoms with Gasteiger partial charge in [0.1, 0.15) is 0 Å². The Morgan fingerprint density at radius 3 is 2.83 bits per heavy atom. The third-order valence-electron chi connectivity index (χ3n) is 3.45. The molecule has 0 aliphatic carbocycles. The summed E-state index contributed by atoms with van der Waals surface area (Å²) in [4.78, 5) is 2.31. The van der Waals surface area contributed by atoms with E-state index in [1.165, 1.54) is 0 Å². The van der Waals surface area contributed by atoms with Gasteiger partial charge in [0.2, 0.25) is 0 Å². The van der Waals surface area contributed by atoms with Crippen LogP contribution in [0.5, 0.6) is 0 Å². The van der Waals surface area contributed by atoms with Crippen LogP contribution in [0, 0.1) is 0 Å². The summed E-state index contributed by atoms with van der Waals surface area (Å²) in [5.74, 6) is 0. The second kappa shape index (κ2) is 5.47. The molecule has 1 saturated heterocycles. The second-order valence-electron chi connectivity index (χ2n) is 5.51. The van der Waals surface area contributed by atoms with E-state index in [1.54, 1.807) is 0 Å². The molecule has 0 bridgehead atoms. The van der Waals surface area contributed by atoms with Crippen LogP contribution in [0.4, 0.5) is 5.69 Å². The SMILES string of the molecule is CC1(C)CN(c2ccccc2Cl)C(CCO)CN1. The predicted octanol–water partition coefficient (Wildman–Crippen LogP) is 2.28. The third-order valence-corrected chi connectivity index (χ3v) is 3.77. The van der Waals surface area contributed by atoms with Crippen molar-refractivity contribution >= 4 is 17.3 Å². The number of nitrogens with zero attached hydrogens (tertiary/aromatic N) is 1. The Labute approximate surface area is 114 Å². The van der Waals surface area contributed by atoms with Gasteiger partial charge in [-0.15, -0.1) is 0 Å². The van der Waals surface area contributed by atoms with Gasteiger partial charge in [-0.05, 0) is 32.4 Å². The van der Waals surface area contributed by atoms with Gasteiger partial charge in [-0.3, -0.25) is 0 Å². The molecule has 1 fully saturated rings. The number of piperazine rings is 1. The van der Waals surface area contributed by atoms with Crippen molar-refractivity contribution in [1.29, 1.82) is 0 Å². The van der Waals surface area contributed by atoms with E-state index in [0.717, 1.165) is 30.2 Å². The molecule has 1 aliphatic heterocycles. The summed E-state index contributed by atoms with van der Waals surface area (Å²) < 4.78 is 0. The molecule has 2 N–H and O–H groups in total. The fourth-order valence-electron chi connectivity index (χ4n) is 2.49. The minimum Gasteiger partial charge on any atom is -0.396 e. The first-order valence-corrected chi connectivity index (χ1v) is 6.78. The van der Waals surface area contributed by atoms with E-state index < -0.39 is 0 Å². The molecule has 0 saturated carbocycles. The predicted molar refractivity (Wildman–Crippen MR) is 76.4 cm³/mol. The lowest BCUT2D eigenvalue weighted by atomic mass is 9.96. The zero-order valence-corrected chi connectivity index (χ0v) is 11.7. The van der Waals surface area contributed by atoms with Gasteiger partial charge in [0.25, 0.3) is 0 Å². The van der Waals surface area contributed by atoms with Crippen molar-refractivity contribution in [3.63, 3.8) is 0 Å². The van der Waals surface area contributed by atoms with E-state index in [2.05, 4.69) is 24.1 Å². The van der Waals surface area contributed by atoms with Gasteiger partial charge in [0, 0.05) is 31.3 Å². The highest BCUT2D eigenvalue weighted by atomic mass is 35.5. The molecule has 1 heterocycles. The first-order chi connectivity index (χ1) is 8.53. The first kappa shape index (κ1) is 13.7. The van der Waals surface area contributed by atoms with Crippen molar-refractivity contribution in [2.24, 2.45) is 0 Å². The third kappa shape index (κ3) is 2.97. The highest BCUT2D eigenvalue weighted by molar-refractivity contribution is 6.33. The lowest BCUT2D eigenvalue weighted by Crippen LogP contribution is -2.62. The molecule has 100 valence electrons. The fourth-order valence-corrected chi connectivity index (χ4v) is 2.73. The topological polar surface area (TPSA) is 35.5 Å². The van der Waals surface area contributed by atoms with E-state index in [4.69, 9.17) is 11.6 Å². The normalized spacial score (nSPS) is 23.1. The molecule has 2 rings (SSSR count). The molecule has 1 unspecified atom stereocenters. The van der Waals surface area contributed by atoms with Crippen molar-refractivity contribution in [3.8, 4) is 0 Å². The van der Waals surface area contributed by atoms with Crippen LogP contribution >= 0.6 is 11.6 Å². The van der Waals surface area contributed by atoms with Gasteiger partial charge in [-0.1, -0.05) is 23.7 Å². The van der Waals surface area contributed by atoms with Gasteiger partial charge < -0.3 is 15.3 Å². The Morgan fingerprint density at radius 1 is 1.44 bits per heavy atom. The smallest absolute Gasteiger partial charge is 0.0639 e. The molecule has 18 heavy (non-hydrogen) atoms. The number of halogens is 1. The number of hydrogen-bond acceptors (Lipinski definition) is 3. The van der Waals surface area contributed by atoms with Gasteiger partial charge in [-0.2, -0.15) is 0 Å². The number of hydrogen-bond donors (Lipinski definition) is 2. The summed E-state index contributed by atoms with van der Waals surface area (Å²) in [5.41, 5.74) is 1.12. The molecule has 1 aromatic carbocycles. The summed E-state index contributed by atoms with van der Waals surface area (Å²) in [6, 6.07) is 8.21. The minimum absolute atomic E-state index is 0.0606. The molecule has 0 amide bonds. The highest BCUT2D eigenvalue weighted by Gasteiger charge is 2.32.